The van der Waals surface area contributed by atoms with Gasteiger partial charge in [-0.05, 0) is 19.1 Å². The molecule has 0 bridgehead atoms. The van der Waals surface area contributed by atoms with Gasteiger partial charge in [0, 0.05) is 11.9 Å². The van der Waals surface area contributed by atoms with Gasteiger partial charge < -0.3 is 10.7 Å². The number of aromatic nitrogens is 2. The van der Waals surface area contributed by atoms with Crippen LogP contribution in [0.1, 0.15) is 16.1 Å². The molecule has 2 aromatic rings. The van der Waals surface area contributed by atoms with Gasteiger partial charge in [0.1, 0.15) is 5.52 Å². The van der Waals surface area contributed by atoms with Gasteiger partial charge in [0.2, 0.25) is 0 Å². The highest BCUT2D eigenvalue weighted by molar-refractivity contribution is 6.04. The molecule has 0 aliphatic carbocycles. The molecule has 0 atom stereocenters. The minimum Gasteiger partial charge on any atom is -0.365 e. The number of H-pyrrole nitrogens is 1. The molecule has 2 heterocycles. The second kappa shape index (κ2) is 2.58. The molecule has 0 spiro atoms. The largest absolute Gasteiger partial charge is 0.365 e. The van der Waals surface area contributed by atoms with Crippen LogP contribution in [0.5, 0.6) is 0 Å². The molecule has 0 aromatic carbocycles. The molecule has 2 rings (SSSR count). The SMILES string of the molecule is Cc1ccc2[nH]cc(C(N)=O)c2n1. The molecular formula is C9H9N3O. The van der Waals surface area contributed by atoms with Gasteiger partial charge in [-0.25, -0.2) is 0 Å². The molecule has 4 nitrogen and oxygen atoms in total. The van der Waals surface area contributed by atoms with Crippen molar-refractivity contribution in [2.75, 3.05) is 0 Å². The minimum absolute atomic E-state index is 0.443. The Morgan fingerprint density at radius 3 is 3.00 bits per heavy atom. The van der Waals surface area contributed by atoms with E-state index < -0.39 is 5.91 Å². The van der Waals surface area contributed by atoms with Crippen molar-refractivity contribution in [2.24, 2.45) is 5.73 Å². The third-order valence-corrected chi connectivity index (χ3v) is 1.93. The van der Waals surface area contributed by atoms with Crippen LogP contribution in [0.3, 0.4) is 0 Å². The predicted octanol–water partition coefficient (Wildman–Crippen LogP) is 0.970. The quantitative estimate of drug-likeness (QED) is 0.677. The highest BCUT2D eigenvalue weighted by atomic mass is 16.1. The summed E-state index contributed by atoms with van der Waals surface area (Å²) in [5.74, 6) is -0.454. The lowest BCUT2D eigenvalue weighted by molar-refractivity contribution is 0.100. The molecular weight excluding hydrogens is 166 g/mol. The van der Waals surface area contributed by atoms with Gasteiger partial charge in [0.15, 0.2) is 0 Å². The van der Waals surface area contributed by atoms with Crippen LogP contribution < -0.4 is 5.73 Å². The Balaban J connectivity index is 2.79. The van der Waals surface area contributed by atoms with Gasteiger partial charge in [-0.3, -0.25) is 9.78 Å². The van der Waals surface area contributed by atoms with Crippen molar-refractivity contribution < 1.29 is 4.79 Å². The van der Waals surface area contributed by atoms with Crippen LogP contribution >= 0.6 is 0 Å². The van der Waals surface area contributed by atoms with Crippen LogP contribution in [0.4, 0.5) is 0 Å². The lowest BCUT2D eigenvalue weighted by atomic mass is 10.2. The summed E-state index contributed by atoms with van der Waals surface area (Å²) >= 11 is 0. The Morgan fingerprint density at radius 2 is 2.31 bits per heavy atom. The maximum absolute atomic E-state index is 10.9. The number of aromatic amines is 1. The Hall–Kier alpha value is -1.84. The van der Waals surface area contributed by atoms with E-state index in [1.165, 1.54) is 0 Å². The van der Waals surface area contributed by atoms with Gasteiger partial charge in [-0.2, -0.15) is 0 Å². The van der Waals surface area contributed by atoms with E-state index in [4.69, 9.17) is 5.73 Å². The van der Waals surface area contributed by atoms with Gasteiger partial charge in [-0.1, -0.05) is 0 Å². The number of hydrogen-bond donors (Lipinski definition) is 2. The smallest absolute Gasteiger partial charge is 0.252 e. The average Bonchev–Trinajstić information content (AvgIpc) is 2.46. The second-order valence-electron chi connectivity index (χ2n) is 2.92. The zero-order valence-electron chi connectivity index (χ0n) is 7.16. The maximum atomic E-state index is 10.9. The number of carbonyl (C=O) groups excluding carboxylic acids is 1. The van der Waals surface area contributed by atoms with Crippen LogP contribution in [-0.2, 0) is 0 Å². The number of nitrogens with zero attached hydrogens (tertiary/aromatic N) is 1. The zero-order valence-corrected chi connectivity index (χ0v) is 7.16. The van der Waals surface area contributed by atoms with Crippen molar-refractivity contribution in [1.29, 1.82) is 0 Å². The monoisotopic (exact) mass is 175 g/mol. The van der Waals surface area contributed by atoms with Crippen molar-refractivity contribution in [3.8, 4) is 0 Å². The van der Waals surface area contributed by atoms with Crippen LogP contribution in [0, 0.1) is 6.92 Å². The number of fused-ring (bicyclic) bond motifs is 1. The summed E-state index contributed by atoms with van der Waals surface area (Å²) in [7, 11) is 0. The minimum atomic E-state index is -0.454. The van der Waals surface area contributed by atoms with E-state index in [2.05, 4.69) is 9.97 Å². The number of rotatable bonds is 1. The summed E-state index contributed by atoms with van der Waals surface area (Å²) in [6, 6.07) is 3.76. The van der Waals surface area contributed by atoms with Crippen molar-refractivity contribution in [3.05, 3.63) is 29.6 Å². The molecule has 0 radical (unpaired) electrons. The third-order valence-electron chi connectivity index (χ3n) is 1.93. The summed E-state index contributed by atoms with van der Waals surface area (Å²) in [4.78, 5) is 18.1. The van der Waals surface area contributed by atoms with Crippen LogP contribution in [0.25, 0.3) is 11.0 Å². The third kappa shape index (κ3) is 1.16. The van der Waals surface area contributed by atoms with E-state index in [9.17, 15) is 4.79 Å². The van der Waals surface area contributed by atoms with Crippen LogP contribution in [0.15, 0.2) is 18.3 Å². The van der Waals surface area contributed by atoms with Gasteiger partial charge in [0.05, 0.1) is 11.1 Å². The highest BCUT2D eigenvalue weighted by Gasteiger charge is 2.09. The average molecular weight is 175 g/mol. The highest BCUT2D eigenvalue weighted by Crippen LogP contribution is 2.15. The molecule has 66 valence electrons. The van der Waals surface area contributed by atoms with Gasteiger partial charge in [-0.15, -0.1) is 0 Å². The van der Waals surface area contributed by atoms with E-state index in [-0.39, 0.29) is 0 Å². The van der Waals surface area contributed by atoms with Crippen molar-refractivity contribution in [1.82, 2.24) is 9.97 Å². The Morgan fingerprint density at radius 1 is 1.54 bits per heavy atom. The fourth-order valence-corrected chi connectivity index (χ4v) is 1.28. The summed E-state index contributed by atoms with van der Waals surface area (Å²) in [5, 5.41) is 0. The van der Waals surface area contributed by atoms with Crippen LogP contribution in [0.2, 0.25) is 0 Å². The number of pyridine rings is 1. The fourth-order valence-electron chi connectivity index (χ4n) is 1.28. The Bertz CT molecular complexity index is 473. The summed E-state index contributed by atoms with van der Waals surface area (Å²) in [6.07, 6.45) is 1.58. The first-order chi connectivity index (χ1) is 6.18. The number of nitrogens with one attached hydrogen (secondary N) is 1. The predicted molar refractivity (Wildman–Crippen MR) is 49.3 cm³/mol. The lowest BCUT2D eigenvalue weighted by Crippen LogP contribution is -2.10. The second-order valence-corrected chi connectivity index (χ2v) is 2.92. The molecule has 4 heteroatoms. The lowest BCUT2D eigenvalue weighted by Gasteiger charge is -1.93. The van der Waals surface area contributed by atoms with Crippen molar-refractivity contribution >= 4 is 16.9 Å². The molecule has 2 aromatic heterocycles. The molecule has 1 amide bonds. The first-order valence-electron chi connectivity index (χ1n) is 3.93. The van der Waals surface area contributed by atoms with Crippen molar-refractivity contribution in [3.63, 3.8) is 0 Å². The maximum Gasteiger partial charge on any atom is 0.252 e. The molecule has 0 saturated heterocycles. The molecule has 3 N–H and O–H groups in total. The Labute approximate surface area is 74.8 Å². The van der Waals surface area contributed by atoms with E-state index in [0.717, 1.165) is 11.2 Å². The summed E-state index contributed by atoms with van der Waals surface area (Å²) in [6.45, 7) is 1.87. The molecule has 0 saturated carbocycles. The number of carbonyl (C=O) groups is 1. The zero-order chi connectivity index (χ0) is 9.42. The summed E-state index contributed by atoms with van der Waals surface area (Å²) in [5.41, 5.74) is 7.97. The standard InChI is InChI=1S/C9H9N3O/c1-5-2-3-7-8(12-5)6(4-11-7)9(10)13/h2-4,11H,1H3,(H2,10,13). The first kappa shape index (κ1) is 7.79. The fraction of sp³-hybridized carbons (Fsp3) is 0.111. The number of nitrogens with two attached hydrogens (primary N) is 1. The number of amides is 1. The van der Waals surface area contributed by atoms with E-state index >= 15 is 0 Å². The molecule has 0 aliphatic heterocycles. The van der Waals surface area contributed by atoms with Crippen LogP contribution in [-0.4, -0.2) is 15.9 Å². The number of hydrogen-bond acceptors (Lipinski definition) is 2. The molecule has 0 fully saturated rings. The topological polar surface area (TPSA) is 71.8 Å². The molecule has 13 heavy (non-hydrogen) atoms. The Kier molecular flexibility index (Phi) is 1.55. The molecule has 0 unspecified atom stereocenters. The first-order valence-corrected chi connectivity index (χ1v) is 3.93. The van der Waals surface area contributed by atoms with E-state index in [1.54, 1.807) is 6.20 Å². The van der Waals surface area contributed by atoms with E-state index in [1.807, 2.05) is 19.1 Å². The number of primary amides is 1. The van der Waals surface area contributed by atoms with E-state index in [0.29, 0.717) is 11.1 Å². The van der Waals surface area contributed by atoms with Crippen molar-refractivity contribution in [2.45, 2.75) is 6.92 Å². The summed E-state index contributed by atoms with van der Waals surface area (Å²) < 4.78 is 0. The molecule has 0 aliphatic rings. The normalized spacial score (nSPS) is 10.5. The van der Waals surface area contributed by atoms with Gasteiger partial charge in [0.25, 0.3) is 5.91 Å². The number of aryl methyl sites for hydroxylation is 1. The van der Waals surface area contributed by atoms with Gasteiger partial charge >= 0.3 is 0 Å².